The summed E-state index contributed by atoms with van der Waals surface area (Å²) in [5.41, 5.74) is -0.925. The Balaban J connectivity index is 1.51. The second kappa shape index (κ2) is 9.73. The quantitative estimate of drug-likeness (QED) is 0.241. The summed E-state index contributed by atoms with van der Waals surface area (Å²) in [5, 5.41) is 38.3. The molecule has 13 heteroatoms. The Labute approximate surface area is 219 Å². The number of aliphatic hydroxyl groups is 3. The molecule has 1 aliphatic rings. The second-order valence-electron chi connectivity index (χ2n) is 9.72. The first-order chi connectivity index (χ1) is 17.9. The number of thiazole rings is 1. The molecule has 0 bridgehead atoms. The number of alkyl halides is 3. The van der Waals surface area contributed by atoms with E-state index in [0.717, 1.165) is 22.5 Å². The first kappa shape index (κ1) is 26.2. The minimum absolute atomic E-state index is 0.00348. The monoisotopic (exact) mass is 546 g/mol. The summed E-state index contributed by atoms with van der Waals surface area (Å²) in [6, 6.07) is 9.09. The van der Waals surface area contributed by atoms with Gasteiger partial charge in [-0.25, -0.2) is 9.97 Å². The number of fused-ring (bicyclic) bond motifs is 1. The Morgan fingerprint density at radius 2 is 1.79 bits per heavy atom. The second-order valence-corrected chi connectivity index (χ2v) is 10.8. The molecule has 9 nitrogen and oxygen atoms in total. The summed E-state index contributed by atoms with van der Waals surface area (Å²) < 4.78 is 40.3. The fourth-order valence-electron chi connectivity index (χ4n) is 4.54. The molecule has 0 aliphatic heterocycles. The standard InChI is InChI=1S/C25H25F3N6O3S/c1-24(2,37)14-10-16(20(36)19(14)35)32-21-13(22-33-15-5-3-4-6-17(15)38-22)11-30-23(34-21)31-12-7-8-29-18(9-12)25(26,27)28/h3-9,11,14,16,19-20,35-37H,10H2,1-2H3,(H2,29,30,31,32,34)/t14-,16+,19+,20-/m0/s1. The van der Waals surface area contributed by atoms with Gasteiger partial charge in [-0.1, -0.05) is 12.1 Å². The highest BCUT2D eigenvalue weighted by atomic mass is 32.1. The normalized spacial score (nSPS) is 22.1. The van der Waals surface area contributed by atoms with Crippen LogP contribution in [-0.4, -0.2) is 59.1 Å². The molecule has 0 saturated heterocycles. The van der Waals surface area contributed by atoms with Crippen molar-refractivity contribution >= 4 is 39.0 Å². The summed E-state index contributed by atoms with van der Waals surface area (Å²) in [7, 11) is 0. The Hall–Kier alpha value is -3.39. The third-order valence-electron chi connectivity index (χ3n) is 6.53. The van der Waals surface area contributed by atoms with Crippen molar-refractivity contribution in [3.8, 4) is 10.6 Å². The molecule has 0 amide bonds. The Morgan fingerprint density at radius 3 is 2.47 bits per heavy atom. The lowest BCUT2D eigenvalue weighted by Crippen LogP contribution is -2.40. The molecule has 1 aliphatic carbocycles. The average Bonchev–Trinajstić information content (AvgIpc) is 3.40. The van der Waals surface area contributed by atoms with Gasteiger partial charge in [0.1, 0.15) is 22.6 Å². The summed E-state index contributed by atoms with van der Waals surface area (Å²) in [5.74, 6) is -0.332. The van der Waals surface area contributed by atoms with Gasteiger partial charge >= 0.3 is 6.18 Å². The number of anilines is 3. The Bertz CT molecular complexity index is 1430. The predicted octanol–water partition coefficient (Wildman–Crippen LogP) is 4.20. The molecule has 0 unspecified atom stereocenters. The van der Waals surface area contributed by atoms with Crippen LogP contribution in [-0.2, 0) is 6.18 Å². The third-order valence-corrected chi connectivity index (χ3v) is 7.60. The van der Waals surface area contributed by atoms with Gasteiger partial charge in [0.15, 0.2) is 0 Å². The first-order valence-corrected chi connectivity index (χ1v) is 12.6. The fraction of sp³-hybridized carbons (Fsp3) is 0.360. The van der Waals surface area contributed by atoms with Gasteiger partial charge in [0.2, 0.25) is 5.95 Å². The van der Waals surface area contributed by atoms with Crippen LogP contribution in [0.15, 0.2) is 48.8 Å². The van der Waals surface area contributed by atoms with Crippen LogP contribution in [0.3, 0.4) is 0 Å². The smallest absolute Gasteiger partial charge is 0.390 e. The zero-order valence-electron chi connectivity index (χ0n) is 20.3. The zero-order chi connectivity index (χ0) is 27.2. The molecule has 200 valence electrons. The van der Waals surface area contributed by atoms with Crippen LogP contribution in [0.1, 0.15) is 26.0 Å². The van der Waals surface area contributed by atoms with Gasteiger partial charge < -0.3 is 26.0 Å². The molecule has 1 aromatic carbocycles. The van der Waals surface area contributed by atoms with Crippen molar-refractivity contribution in [1.29, 1.82) is 0 Å². The van der Waals surface area contributed by atoms with Crippen molar-refractivity contribution in [2.45, 2.75) is 50.3 Å². The highest BCUT2D eigenvalue weighted by molar-refractivity contribution is 7.21. The molecule has 1 fully saturated rings. The zero-order valence-corrected chi connectivity index (χ0v) is 21.1. The number of hydrogen-bond acceptors (Lipinski definition) is 10. The summed E-state index contributed by atoms with van der Waals surface area (Å²) in [6.45, 7) is 3.14. The number of hydrogen-bond donors (Lipinski definition) is 5. The Morgan fingerprint density at radius 1 is 1.03 bits per heavy atom. The predicted molar refractivity (Wildman–Crippen MR) is 137 cm³/mol. The molecule has 5 N–H and O–H groups in total. The van der Waals surface area contributed by atoms with Crippen molar-refractivity contribution in [2.75, 3.05) is 10.6 Å². The number of para-hydroxylation sites is 1. The SMILES string of the molecule is CC(C)(O)[C@H]1C[C@@H](Nc2nc(Nc3ccnc(C(F)(F)F)c3)ncc2-c2nc3ccccc3s2)[C@H](O)[C@@H]1O. The van der Waals surface area contributed by atoms with E-state index in [-0.39, 0.29) is 23.9 Å². The highest BCUT2D eigenvalue weighted by Crippen LogP contribution is 2.39. The molecular formula is C25H25F3N6O3S. The van der Waals surface area contributed by atoms with E-state index >= 15 is 0 Å². The number of aromatic nitrogens is 4. The number of aliphatic hydroxyl groups excluding tert-OH is 2. The van der Waals surface area contributed by atoms with Gasteiger partial charge in [-0.2, -0.15) is 18.2 Å². The summed E-state index contributed by atoms with van der Waals surface area (Å²) in [6.07, 6.45) is -4.21. The maximum absolute atomic E-state index is 13.1. The third kappa shape index (κ3) is 5.27. The summed E-state index contributed by atoms with van der Waals surface area (Å²) in [4.78, 5) is 16.8. The van der Waals surface area contributed by atoms with Crippen LogP contribution >= 0.6 is 11.3 Å². The van der Waals surface area contributed by atoms with Crippen molar-refractivity contribution in [3.05, 3.63) is 54.5 Å². The van der Waals surface area contributed by atoms with Gasteiger partial charge in [-0.05, 0) is 44.5 Å². The van der Waals surface area contributed by atoms with Gasteiger partial charge in [-0.3, -0.25) is 4.98 Å². The van der Waals surface area contributed by atoms with Crippen LogP contribution in [0.5, 0.6) is 0 Å². The number of nitrogens with zero attached hydrogens (tertiary/aromatic N) is 4. The van der Waals surface area contributed by atoms with Crippen molar-refractivity contribution in [2.24, 2.45) is 5.92 Å². The van der Waals surface area contributed by atoms with Gasteiger partial charge in [-0.15, -0.1) is 11.3 Å². The Kier molecular flexibility index (Phi) is 6.71. The van der Waals surface area contributed by atoms with Crippen LogP contribution in [0.4, 0.5) is 30.6 Å². The van der Waals surface area contributed by atoms with Crippen LogP contribution in [0, 0.1) is 5.92 Å². The van der Waals surface area contributed by atoms with Crippen LogP contribution in [0.2, 0.25) is 0 Å². The lowest BCUT2D eigenvalue weighted by Gasteiger charge is -2.28. The lowest BCUT2D eigenvalue weighted by atomic mass is 9.88. The van der Waals surface area contributed by atoms with Gasteiger partial charge in [0.25, 0.3) is 0 Å². The highest BCUT2D eigenvalue weighted by Gasteiger charge is 2.47. The molecule has 5 rings (SSSR count). The topological polar surface area (TPSA) is 136 Å². The van der Waals surface area contributed by atoms with Crippen molar-refractivity contribution in [3.63, 3.8) is 0 Å². The number of pyridine rings is 1. The number of rotatable bonds is 6. The van der Waals surface area contributed by atoms with Gasteiger partial charge in [0, 0.05) is 24.0 Å². The maximum atomic E-state index is 13.1. The van der Waals surface area contributed by atoms with E-state index in [9.17, 15) is 28.5 Å². The van der Waals surface area contributed by atoms with E-state index in [1.54, 1.807) is 13.8 Å². The molecule has 38 heavy (non-hydrogen) atoms. The van der Waals surface area contributed by atoms with E-state index in [0.29, 0.717) is 10.6 Å². The lowest BCUT2D eigenvalue weighted by molar-refractivity contribution is -0.141. The largest absolute Gasteiger partial charge is 0.433 e. The van der Waals surface area contributed by atoms with E-state index < -0.39 is 41.6 Å². The molecule has 3 aromatic heterocycles. The summed E-state index contributed by atoms with van der Waals surface area (Å²) >= 11 is 1.41. The fourth-order valence-corrected chi connectivity index (χ4v) is 5.52. The molecule has 4 atom stereocenters. The minimum atomic E-state index is -4.61. The van der Waals surface area contributed by atoms with Crippen molar-refractivity contribution < 1.29 is 28.5 Å². The van der Waals surface area contributed by atoms with Crippen molar-refractivity contribution in [1.82, 2.24) is 19.9 Å². The van der Waals surface area contributed by atoms with Gasteiger partial charge in [0.05, 0.1) is 33.5 Å². The number of benzene rings is 1. The molecule has 0 spiro atoms. The van der Waals surface area contributed by atoms with E-state index in [2.05, 4.69) is 30.6 Å². The molecule has 3 heterocycles. The van der Waals surface area contributed by atoms with E-state index in [1.165, 1.54) is 23.6 Å². The van der Waals surface area contributed by atoms with Crippen LogP contribution in [0.25, 0.3) is 20.8 Å². The average molecular weight is 547 g/mol. The molecule has 0 radical (unpaired) electrons. The van der Waals surface area contributed by atoms with Crippen LogP contribution < -0.4 is 10.6 Å². The molecule has 1 saturated carbocycles. The maximum Gasteiger partial charge on any atom is 0.433 e. The molecule has 4 aromatic rings. The first-order valence-electron chi connectivity index (χ1n) is 11.8. The number of halogens is 3. The molecular weight excluding hydrogens is 521 g/mol. The minimum Gasteiger partial charge on any atom is -0.390 e. The van der Waals surface area contributed by atoms with E-state index in [1.807, 2.05) is 24.3 Å². The van der Waals surface area contributed by atoms with E-state index in [4.69, 9.17) is 0 Å². The number of nitrogens with one attached hydrogen (secondary N) is 2.